The number of carbonyl (C=O) groups is 1. The van der Waals surface area contributed by atoms with Crippen LogP contribution in [0.15, 0.2) is 78.6 Å². The minimum atomic E-state index is -0.347. The van der Waals surface area contributed by atoms with E-state index in [1.54, 1.807) is 36.8 Å². The van der Waals surface area contributed by atoms with Gasteiger partial charge in [0.15, 0.2) is 11.5 Å². The van der Waals surface area contributed by atoms with Crippen molar-refractivity contribution in [3.05, 3.63) is 66.5 Å². The van der Waals surface area contributed by atoms with Gasteiger partial charge in [0.1, 0.15) is 23.3 Å². The third-order valence-corrected chi connectivity index (χ3v) is 5.99. The van der Waals surface area contributed by atoms with E-state index in [-0.39, 0.29) is 29.7 Å². The van der Waals surface area contributed by atoms with Crippen molar-refractivity contribution in [2.24, 2.45) is 5.10 Å². The second-order valence-corrected chi connectivity index (χ2v) is 8.15. The van der Waals surface area contributed by atoms with E-state index in [1.807, 2.05) is 18.2 Å². The number of nitrogens with zero attached hydrogens (tertiary/aromatic N) is 4. The van der Waals surface area contributed by atoms with Gasteiger partial charge < -0.3 is 22.7 Å². The van der Waals surface area contributed by atoms with Gasteiger partial charge in [0, 0.05) is 12.0 Å². The van der Waals surface area contributed by atoms with Gasteiger partial charge in [-0.3, -0.25) is 4.79 Å². The second kappa shape index (κ2) is 8.17. The zero-order valence-electron chi connectivity index (χ0n) is 17.0. The summed E-state index contributed by atoms with van der Waals surface area (Å²) in [4.78, 5) is 13.0. The van der Waals surface area contributed by atoms with E-state index in [0.29, 0.717) is 46.6 Å². The predicted molar refractivity (Wildman–Crippen MR) is 115 cm³/mol. The molecule has 11 heteroatoms. The van der Waals surface area contributed by atoms with Crippen molar-refractivity contribution in [3.8, 4) is 23.0 Å². The van der Waals surface area contributed by atoms with Crippen LogP contribution in [0.25, 0.3) is 11.5 Å². The molecule has 0 bridgehead atoms. The van der Waals surface area contributed by atoms with Gasteiger partial charge in [-0.15, -0.1) is 10.2 Å². The molecule has 0 N–H and O–H groups in total. The van der Waals surface area contributed by atoms with Crippen LogP contribution >= 0.6 is 11.8 Å². The van der Waals surface area contributed by atoms with Crippen molar-refractivity contribution in [2.75, 3.05) is 12.5 Å². The molecule has 0 spiro atoms. The summed E-state index contributed by atoms with van der Waals surface area (Å²) in [6.07, 6.45) is 3.65. The Labute approximate surface area is 191 Å². The fourth-order valence-electron chi connectivity index (χ4n) is 3.64. The minimum absolute atomic E-state index is 0.0644. The minimum Gasteiger partial charge on any atom is -0.467 e. The third kappa shape index (κ3) is 3.76. The van der Waals surface area contributed by atoms with Crippen LogP contribution in [-0.2, 0) is 4.79 Å². The fraction of sp³-hybridized carbons (Fsp3) is 0.182. The van der Waals surface area contributed by atoms with Crippen LogP contribution in [0.2, 0.25) is 0 Å². The molecule has 6 rings (SSSR count). The third-order valence-electron chi connectivity index (χ3n) is 5.19. The van der Waals surface area contributed by atoms with Crippen LogP contribution in [0.3, 0.4) is 0 Å². The molecule has 0 fully saturated rings. The summed E-state index contributed by atoms with van der Waals surface area (Å²) >= 11 is 1.14. The second-order valence-electron chi connectivity index (χ2n) is 7.23. The summed E-state index contributed by atoms with van der Waals surface area (Å²) in [6, 6.07) is 12.2. The summed E-state index contributed by atoms with van der Waals surface area (Å²) < 4.78 is 27.4. The van der Waals surface area contributed by atoms with Gasteiger partial charge in [-0.25, -0.2) is 5.01 Å². The van der Waals surface area contributed by atoms with E-state index in [9.17, 15) is 4.79 Å². The zero-order chi connectivity index (χ0) is 22.2. The van der Waals surface area contributed by atoms with E-state index in [4.69, 9.17) is 22.7 Å². The summed E-state index contributed by atoms with van der Waals surface area (Å²) in [6.45, 7) is 0.186. The molecule has 5 heterocycles. The SMILES string of the molecule is O=C(CSc1nnc(-c2ccc3c(c2)OCO3)o1)N1N=C(c2ccco2)CC1c1ccco1. The number of thioether (sulfide) groups is 1. The van der Waals surface area contributed by atoms with Gasteiger partial charge >= 0.3 is 0 Å². The quantitative estimate of drug-likeness (QED) is 0.388. The Kier molecular flexibility index (Phi) is 4.87. The lowest BCUT2D eigenvalue weighted by Gasteiger charge is -2.19. The van der Waals surface area contributed by atoms with Crippen molar-refractivity contribution in [3.63, 3.8) is 0 Å². The number of furan rings is 2. The maximum atomic E-state index is 13.0. The first-order valence-electron chi connectivity index (χ1n) is 10.1. The molecule has 10 nitrogen and oxygen atoms in total. The van der Waals surface area contributed by atoms with Crippen molar-refractivity contribution in [1.82, 2.24) is 15.2 Å². The number of aromatic nitrogens is 2. The summed E-state index contributed by atoms with van der Waals surface area (Å²) in [5.74, 6) is 2.75. The van der Waals surface area contributed by atoms with E-state index in [1.165, 1.54) is 5.01 Å². The Balaban J connectivity index is 1.17. The van der Waals surface area contributed by atoms with Gasteiger partial charge in [-0.05, 0) is 42.5 Å². The Morgan fingerprint density at radius 1 is 1.06 bits per heavy atom. The number of hydrazone groups is 1. The number of hydrogen-bond donors (Lipinski definition) is 0. The molecule has 1 atom stereocenters. The van der Waals surface area contributed by atoms with Crippen molar-refractivity contribution < 1.29 is 27.5 Å². The van der Waals surface area contributed by atoms with Crippen molar-refractivity contribution >= 4 is 23.4 Å². The predicted octanol–water partition coefficient (Wildman–Crippen LogP) is 4.12. The molecule has 1 aromatic carbocycles. The van der Waals surface area contributed by atoms with E-state index >= 15 is 0 Å². The van der Waals surface area contributed by atoms with Crippen LogP contribution in [0.5, 0.6) is 11.5 Å². The Hall–Kier alpha value is -3.99. The molecular weight excluding hydrogens is 448 g/mol. The standard InChI is InChI=1S/C22H16N4O6S/c27-20(26-15(17-4-2-8-29-17)10-14(25-26)16-3-1-7-28-16)11-33-22-24-23-21(32-22)13-5-6-18-19(9-13)31-12-30-18/h1-9,15H,10-12H2. The average Bonchev–Trinajstić information content (AvgIpc) is 3.67. The van der Waals surface area contributed by atoms with Crippen LogP contribution in [-0.4, -0.2) is 39.4 Å². The molecule has 166 valence electrons. The molecule has 0 saturated carbocycles. The molecule has 2 aliphatic rings. The van der Waals surface area contributed by atoms with E-state index in [2.05, 4.69) is 15.3 Å². The van der Waals surface area contributed by atoms with Gasteiger partial charge in [0.05, 0.1) is 18.3 Å². The van der Waals surface area contributed by atoms with Gasteiger partial charge in [0.25, 0.3) is 11.1 Å². The number of amides is 1. The monoisotopic (exact) mass is 464 g/mol. The van der Waals surface area contributed by atoms with Crippen LogP contribution < -0.4 is 9.47 Å². The topological polar surface area (TPSA) is 116 Å². The lowest BCUT2D eigenvalue weighted by atomic mass is 10.1. The summed E-state index contributed by atoms with van der Waals surface area (Å²) in [5.41, 5.74) is 1.39. The maximum absolute atomic E-state index is 13.0. The number of hydrogen-bond acceptors (Lipinski definition) is 10. The highest BCUT2D eigenvalue weighted by molar-refractivity contribution is 7.99. The van der Waals surface area contributed by atoms with E-state index < -0.39 is 0 Å². The number of ether oxygens (including phenoxy) is 2. The number of fused-ring (bicyclic) bond motifs is 1. The zero-order valence-corrected chi connectivity index (χ0v) is 17.9. The average molecular weight is 464 g/mol. The summed E-state index contributed by atoms with van der Waals surface area (Å²) in [5, 5.41) is 14.3. The first-order valence-corrected chi connectivity index (χ1v) is 11.1. The van der Waals surface area contributed by atoms with Gasteiger partial charge in [-0.2, -0.15) is 5.10 Å². The molecule has 0 radical (unpaired) electrons. The normalized spacial score (nSPS) is 16.9. The first-order chi connectivity index (χ1) is 16.2. The van der Waals surface area contributed by atoms with Crippen LogP contribution in [0.1, 0.15) is 24.0 Å². The molecule has 0 saturated heterocycles. The number of rotatable bonds is 6. The largest absolute Gasteiger partial charge is 0.467 e. The Morgan fingerprint density at radius 3 is 2.79 bits per heavy atom. The van der Waals surface area contributed by atoms with Crippen LogP contribution in [0.4, 0.5) is 0 Å². The van der Waals surface area contributed by atoms with Crippen LogP contribution in [0, 0.1) is 0 Å². The Bertz CT molecular complexity index is 1310. The lowest BCUT2D eigenvalue weighted by molar-refractivity contribution is -0.130. The fourth-order valence-corrected chi connectivity index (χ4v) is 4.25. The lowest BCUT2D eigenvalue weighted by Crippen LogP contribution is -2.28. The van der Waals surface area contributed by atoms with Crippen molar-refractivity contribution in [2.45, 2.75) is 17.7 Å². The van der Waals surface area contributed by atoms with Gasteiger partial charge in [-0.1, -0.05) is 11.8 Å². The highest BCUT2D eigenvalue weighted by Gasteiger charge is 2.35. The Morgan fingerprint density at radius 2 is 1.94 bits per heavy atom. The highest BCUT2D eigenvalue weighted by atomic mass is 32.2. The van der Waals surface area contributed by atoms with E-state index in [0.717, 1.165) is 11.8 Å². The molecule has 4 aromatic rings. The molecule has 1 amide bonds. The maximum Gasteiger partial charge on any atom is 0.277 e. The molecule has 33 heavy (non-hydrogen) atoms. The molecular formula is C22H16N4O6S. The van der Waals surface area contributed by atoms with Gasteiger partial charge in [0.2, 0.25) is 12.7 Å². The molecule has 1 unspecified atom stereocenters. The number of benzene rings is 1. The highest BCUT2D eigenvalue weighted by Crippen LogP contribution is 2.37. The molecule has 3 aromatic heterocycles. The smallest absolute Gasteiger partial charge is 0.277 e. The first kappa shape index (κ1) is 19.7. The van der Waals surface area contributed by atoms with Crippen molar-refractivity contribution in [1.29, 1.82) is 0 Å². The summed E-state index contributed by atoms with van der Waals surface area (Å²) in [7, 11) is 0. The molecule has 0 aliphatic carbocycles. The number of carbonyl (C=O) groups excluding carboxylic acids is 1. The molecule has 2 aliphatic heterocycles.